The quantitative estimate of drug-likeness (QED) is 0.394. The Hall–Kier alpha value is -3.56. The molecule has 0 amide bonds. The van der Waals surface area contributed by atoms with E-state index < -0.39 is 5.97 Å². The highest BCUT2D eigenvalue weighted by atomic mass is 35.5. The lowest BCUT2D eigenvalue weighted by Crippen LogP contribution is -2.32. The largest absolute Gasteiger partial charge is 0.465 e. The van der Waals surface area contributed by atoms with Crippen molar-refractivity contribution in [1.82, 2.24) is 20.2 Å². The van der Waals surface area contributed by atoms with E-state index in [9.17, 15) is 9.18 Å². The topological polar surface area (TPSA) is 110 Å². The monoisotopic (exact) mass is 506 g/mol. The average Bonchev–Trinajstić information content (AvgIpc) is 3.37. The van der Waals surface area contributed by atoms with Crippen molar-refractivity contribution in [2.45, 2.75) is 11.8 Å². The number of aromatic amines is 1. The molecule has 0 bridgehead atoms. The Kier molecular flexibility index (Phi) is 5.42. The summed E-state index contributed by atoms with van der Waals surface area (Å²) < 4.78 is 19.4. The molecular weight excluding hydrogens is 483 g/mol. The van der Waals surface area contributed by atoms with Crippen molar-refractivity contribution in [3.63, 3.8) is 0 Å². The van der Waals surface area contributed by atoms with E-state index >= 15 is 0 Å². The zero-order chi connectivity index (χ0) is 25.0. The van der Waals surface area contributed by atoms with Crippen molar-refractivity contribution in [3.05, 3.63) is 70.6 Å². The second-order valence-corrected chi connectivity index (χ2v) is 9.76. The molecule has 1 aliphatic carbocycles. The van der Waals surface area contributed by atoms with Crippen LogP contribution in [0.25, 0.3) is 22.4 Å². The summed E-state index contributed by atoms with van der Waals surface area (Å²) in [6.07, 6.45) is 2.64. The van der Waals surface area contributed by atoms with E-state index in [2.05, 4.69) is 20.1 Å². The van der Waals surface area contributed by atoms with Gasteiger partial charge in [0.1, 0.15) is 22.8 Å². The molecule has 6 rings (SSSR count). The minimum Gasteiger partial charge on any atom is -0.465 e. The lowest BCUT2D eigenvalue weighted by Gasteiger charge is -2.26. The second kappa shape index (κ2) is 8.53. The Labute approximate surface area is 211 Å². The summed E-state index contributed by atoms with van der Waals surface area (Å²) in [6.45, 7) is 1.94. The number of halogens is 2. The van der Waals surface area contributed by atoms with Crippen molar-refractivity contribution in [2.24, 2.45) is 17.6 Å². The van der Waals surface area contributed by atoms with Gasteiger partial charge in [0, 0.05) is 30.6 Å². The number of hydrogen-bond donors (Lipinski definition) is 2. The smallest absolute Gasteiger partial charge is 0.337 e. The molecule has 2 aromatic carbocycles. The molecule has 36 heavy (non-hydrogen) atoms. The molecule has 1 saturated heterocycles. The van der Waals surface area contributed by atoms with Gasteiger partial charge in [-0.2, -0.15) is 5.10 Å². The summed E-state index contributed by atoms with van der Waals surface area (Å²) in [6, 6.07) is 11.9. The van der Waals surface area contributed by atoms with Gasteiger partial charge in [0.05, 0.1) is 23.9 Å². The molecule has 8 nitrogen and oxygen atoms in total. The highest BCUT2D eigenvalue weighted by molar-refractivity contribution is 6.34. The first-order chi connectivity index (χ1) is 17.5. The van der Waals surface area contributed by atoms with Crippen LogP contribution >= 0.6 is 11.6 Å². The van der Waals surface area contributed by atoms with Gasteiger partial charge in [-0.1, -0.05) is 35.9 Å². The van der Waals surface area contributed by atoms with E-state index in [1.54, 1.807) is 30.5 Å². The summed E-state index contributed by atoms with van der Waals surface area (Å²) in [7, 11) is 1.32. The molecule has 0 spiro atoms. The van der Waals surface area contributed by atoms with Gasteiger partial charge in [-0.15, -0.1) is 0 Å². The van der Waals surface area contributed by atoms with E-state index in [1.165, 1.54) is 13.2 Å². The number of methoxy groups -OCH3 is 1. The fourth-order valence-corrected chi connectivity index (χ4v) is 6.19. The number of aromatic nitrogens is 4. The van der Waals surface area contributed by atoms with Crippen LogP contribution in [0.5, 0.6) is 0 Å². The van der Waals surface area contributed by atoms with Crippen LogP contribution in [0.4, 0.5) is 10.2 Å². The molecule has 10 heteroatoms. The number of fused-ring (bicyclic) bond motifs is 2. The van der Waals surface area contributed by atoms with Crippen LogP contribution in [-0.4, -0.2) is 52.9 Å². The number of nitrogens with one attached hydrogen (secondary N) is 1. The van der Waals surface area contributed by atoms with E-state index in [4.69, 9.17) is 27.1 Å². The zero-order valence-corrected chi connectivity index (χ0v) is 20.3. The number of carbonyl (C=O) groups excluding carboxylic acids is 1. The molecule has 2 fully saturated rings. The van der Waals surface area contributed by atoms with Crippen molar-refractivity contribution >= 4 is 34.6 Å². The van der Waals surface area contributed by atoms with Gasteiger partial charge in [-0.25, -0.2) is 19.2 Å². The standard InChI is InChI=1S/C26H24ClFN6O2/c1-36-25(35)14-6-7-15(19(27)10-14)22-23-24(33-32-22)31-21(11-30-23)34-9-8-16-18(12-34)26(16,13-29)17-4-2-3-5-20(17)28/h2-7,10-11,16,18H,8-9,12-13,29H2,1H3,(H,31,32,33)/t16-,18+,26-/m1/s1. The molecule has 0 radical (unpaired) electrons. The predicted molar refractivity (Wildman–Crippen MR) is 134 cm³/mol. The number of benzene rings is 2. The molecule has 3 atom stereocenters. The number of carbonyl (C=O) groups is 1. The molecule has 1 aliphatic heterocycles. The minimum atomic E-state index is -0.465. The number of hydrogen-bond acceptors (Lipinski definition) is 7. The number of nitrogens with two attached hydrogens (primary N) is 1. The molecule has 4 aromatic rings. The Morgan fingerprint density at radius 3 is 2.89 bits per heavy atom. The number of rotatable bonds is 5. The van der Waals surface area contributed by atoms with Gasteiger partial charge in [0.25, 0.3) is 0 Å². The zero-order valence-electron chi connectivity index (χ0n) is 19.5. The van der Waals surface area contributed by atoms with E-state index in [0.717, 1.165) is 30.9 Å². The number of H-pyrrole nitrogens is 1. The normalized spacial score (nSPS) is 22.9. The van der Waals surface area contributed by atoms with Crippen LogP contribution in [0, 0.1) is 17.7 Å². The van der Waals surface area contributed by atoms with Crippen molar-refractivity contribution in [1.29, 1.82) is 0 Å². The SMILES string of the molecule is COC(=O)c1ccc(-c2n[nH]c3nc(N4CC[C@@H]5[C@H](C4)[C@@]5(CN)c4ccccc4F)cnc23)c(Cl)c1. The van der Waals surface area contributed by atoms with Crippen LogP contribution in [-0.2, 0) is 10.2 Å². The number of piperidine rings is 1. The van der Waals surface area contributed by atoms with Crippen molar-refractivity contribution in [3.8, 4) is 11.3 Å². The number of nitrogens with zero attached hydrogens (tertiary/aromatic N) is 4. The van der Waals surface area contributed by atoms with Crippen molar-refractivity contribution in [2.75, 3.05) is 31.6 Å². The van der Waals surface area contributed by atoms with Crippen LogP contribution in [0.3, 0.4) is 0 Å². The summed E-state index contributed by atoms with van der Waals surface area (Å²) in [5, 5.41) is 7.70. The average molecular weight is 507 g/mol. The van der Waals surface area contributed by atoms with E-state index in [-0.39, 0.29) is 17.2 Å². The van der Waals surface area contributed by atoms with E-state index in [0.29, 0.717) is 45.5 Å². The molecule has 184 valence electrons. The first-order valence-electron chi connectivity index (χ1n) is 11.8. The highest BCUT2D eigenvalue weighted by Crippen LogP contribution is 2.63. The Balaban J connectivity index is 1.27. The summed E-state index contributed by atoms with van der Waals surface area (Å²) in [4.78, 5) is 23.4. The molecule has 3 heterocycles. The molecule has 1 saturated carbocycles. The number of anilines is 1. The summed E-state index contributed by atoms with van der Waals surface area (Å²) in [5.74, 6) is 0.701. The molecule has 0 unspecified atom stereocenters. The van der Waals surface area contributed by atoms with Crippen LogP contribution in [0.2, 0.25) is 5.02 Å². The lowest BCUT2D eigenvalue weighted by molar-refractivity contribution is 0.0600. The summed E-state index contributed by atoms with van der Waals surface area (Å²) in [5.41, 5.74) is 9.27. The van der Waals surface area contributed by atoms with Crippen LogP contribution < -0.4 is 10.6 Å². The predicted octanol–water partition coefficient (Wildman–Crippen LogP) is 3.95. The Bertz CT molecular complexity index is 1490. The third-order valence-electron chi connectivity index (χ3n) is 7.77. The molecule has 2 aromatic heterocycles. The number of ether oxygens (including phenoxy) is 1. The molecular formula is C26H24ClFN6O2. The molecule has 2 aliphatic rings. The summed E-state index contributed by atoms with van der Waals surface area (Å²) >= 11 is 6.44. The second-order valence-electron chi connectivity index (χ2n) is 9.36. The van der Waals surface area contributed by atoms with Crippen LogP contribution in [0.1, 0.15) is 22.3 Å². The Morgan fingerprint density at radius 2 is 2.14 bits per heavy atom. The number of esters is 1. The first kappa shape index (κ1) is 22.9. The minimum absolute atomic E-state index is 0.187. The van der Waals surface area contributed by atoms with Gasteiger partial charge in [0.15, 0.2) is 5.65 Å². The Morgan fingerprint density at radius 1 is 1.31 bits per heavy atom. The van der Waals surface area contributed by atoms with E-state index in [1.807, 2.05) is 12.1 Å². The fraction of sp³-hybridized carbons (Fsp3) is 0.308. The van der Waals surface area contributed by atoms with Gasteiger partial charge >= 0.3 is 5.97 Å². The van der Waals surface area contributed by atoms with Crippen molar-refractivity contribution < 1.29 is 13.9 Å². The maximum Gasteiger partial charge on any atom is 0.337 e. The van der Waals surface area contributed by atoms with Gasteiger partial charge in [-0.05, 0) is 42.0 Å². The van der Waals surface area contributed by atoms with Gasteiger partial charge in [0.2, 0.25) is 0 Å². The third-order valence-corrected chi connectivity index (χ3v) is 8.08. The van der Waals surface area contributed by atoms with Crippen LogP contribution in [0.15, 0.2) is 48.7 Å². The first-order valence-corrected chi connectivity index (χ1v) is 12.1. The maximum atomic E-state index is 14.7. The lowest BCUT2D eigenvalue weighted by atomic mass is 9.91. The maximum absolute atomic E-state index is 14.7. The fourth-order valence-electron chi connectivity index (χ4n) is 5.92. The molecule has 3 N–H and O–H groups in total. The van der Waals surface area contributed by atoms with Gasteiger partial charge < -0.3 is 15.4 Å². The highest BCUT2D eigenvalue weighted by Gasteiger charge is 2.66. The third kappa shape index (κ3) is 3.37. The van der Waals surface area contributed by atoms with Gasteiger partial charge in [-0.3, -0.25) is 5.10 Å².